The predicted molar refractivity (Wildman–Crippen MR) is 163 cm³/mol. The van der Waals surface area contributed by atoms with Crippen molar-refractivity contribution in [1.29, 1.82) is 0 Å². The lowest BCUT2D eigenvalue weighted by molar-refractivity contribution is -0.127. The molecule has 0 radical (unpaired) electrons. The maximum Gasteiger partial charge on any atom is 0.309 e. The normalized spacial score (nSPS) is 16.9. The number of nitrogens with zero attached hydrogens (tertiary/aromatic N) is 4. The van der Waals surface area contributed by atoms with Crippen LogP contribution in [0.15, 0.2) is 82.9 Å². The minimum atomic E-state index is -0.564. The molecule has 0 atom stereocenters. The minimum absolute atomic E-state index is 0.265. The van der Waals surface area contributed by atoms with Crippen molar-refractivity contribution in [1.82, 2.24) is 5.01 Å². The van der Waals surface area contributed by atoms with Gasteiger partial charge in [0.1, 0.15) is 11.6 Å². The number of aryl methyl sites for hydroxylation is 1. The summed E-state index contributed by atoms with van der Waals surface area (Å²) in [4.78, 5) is 32.7. The van der Waals surface area contributed by atoms with Crippen LogP contribution in [0.2, 0.25) is 0 Å². The Morgan fingerprint density at radius 1 is 1.07 bits per heavy atom. The van der Waals surface area contributed by atoms with Gasteiger partial charge in [-0.1, -0.05) is 31.2 Å². The molecule has 0 saturated carbocycles. The first-order chi connectivity index (χ1) is 19.3. The smallest absolute Gasteiger partial charge is 0.309 e. The van der Waals surface area contributed by atoms with Crippen molar-refractivity contribution in [3.05, 3.63) is 89.5 Å². The molecule has 7 nitrogen and oxygen atoms in total. The quantitative estimate of drug-likeness (QED) is 0.238. The van der Waals surface area contributed by atoms with Gasteiger partial charge >= 0.3 is 5.24 Å². The molecule has 0 aliphatic carbocycles. The number of hydrogen-bond acceptors (Lipinski definition) is 6. The summed E-state index contributed by atoms with van der Waals surface area (Å²) in [6.07, 6.45) is 2.83. The van der Waals surface area contributed by atoms with Crippen LogP contribution < -0.4 is 9.64 Å². The number of benzene rings is 3. The summed E-state index contributed by atoms with van der Waals surface area (Å²) in [7, 11) is 1.66. The van der Waals surface area contributed by atoms with Gasteiger partial charge in [-0.25, -0.2) is 4.99 Å². The number of amidine groups is 1. The third-order valence-corrected chi connectivity index (χ3v) is 8.10. The molecule has 8 heteroatoms. The number of carbonyl (C=O) groups is 2. The molecule has 5 rings (SSSR count). The average Bonchev–Trinajstić information content (AvgIpc) is 2.96. The second-order valence-corrected chi connectivity index (χ2v) is 12.0. The van der Waals surface area contributed by atoms with E-state index < -0.39 is 4.75 Å². The Kier molecular flexibility index (Phi) is 8.07. The summed E-state index contributed by atoms with van der Waals surface area (Å²) in [6, 6.07) is 24.3. The van der Waals surface area contributed by atoms with E-state index in [9.17, 15) is 9.59 Å². The molecule has 0 spiro atoms. The van der Waals surface area contributed by atoms with Crippen molar-refractivity contribution in [2.75, 3.05) is 18.6 Å². The first kappa shape index (κ1) is 27.6. The van der Waals surface area contributed by atoms with Gasteiger partial charge in [0.2, 0.25) is 0 Å². The molecule has 0 saturated heterocycles. The van der Waals surface area contributed by atoms with Gasteiger partial charge < -0.3 is 9.64 Å². The fraction of sp³-hybridized carbons (Fsp3) is 0.312. The van der Waals surface area contributed by atoms with Gasteiger partial charge in [0.05, 0.1) is 23.3 Å². The number of amides is 2. The van der Waals surface area contributed by atoms with E-state index in [0.29, 0.717) is 6.42 Å². The van der Waals surface area contributed by atoms with Crippen LogP contribution in [0.5, 0.6) is 5.75 Å². The lowest BCUT2D eigenvalue weighted by Gasteiger charge is -2.35. The van der Waals surface area contributed by atoms with E-state index in [1.807, 2.05) is 81.4 Å². The number of ether oxygens (including phenoxy) is 1. The minimum Gasteiger partial charge on any atom is -0.497 e. The van der Waals surface area contributed by atoms with Crippen LogP contribution in [0.3, 0.4) is 0 Å². The maximum atomic E-state index is 12.7. The van der Waals surface area contributed by atoms with Crippen molar-refractivity contribution in [3.8, 4) is 5.75 Å². The van der Waals surface area contributed by atoms with E-state index in [-0.39, 0.29) is 17.6 Å². The Bertz CT molecular complexity index is 1470. The molecule has 2 amide bonds. The third kappa shape index (κ3) is 5.68. The molecule has 3 aromatic carbocycles. The zero-order valence-electron chi connectivity index (χ0n) is 23.4. The van der Waals surface area contributed by atoms with E-state index in [1.54, 1.807) is 7.11 Å². The summed E-state index contributed by atoms with van der Waals surface area (Å²) in [5.74, 6) is 1.40. The lowest BCUT2D eigenvalue weighted by atomic mass is 9.93. The number of anilines is 1. The van der Waals surface area contributed by atoms with Gasteiger partial charge in [0, 0.05) is 24.2 Å². The number of methoxy groups -OCH3 is 1. The first-order valence-electron chi connectivity index (χ1n) is 13.6. The van der Waals surface area contributed by atoms with Crippen LogP contribution in [0.25, 0.3) is 0 Å². The van der Waals surface area contributed by atoms with Crippen molar-refractivity contribution in [2.24, 2.45) is 10.1 Å². The number of rotatable bonds is 6. The van der Waals surface area contributed by atoms with E-state index in [2.05, 4.69) is 22.1 Å². The maximum absolute atomic E-state index is 12.7. The Balaban J connectivity index is 1.56. The van der Waals surface area contributed by atoms with Crippen molar-refractivity contribution in [2.45, 2.75) is 51.2 Å². The monoisotopic (exact) mass is 554 g/mol. The van der Waals surface area contributed by atoms with Gasteiger partial charge in [-0.05, 0) is 105 Å². The van der Waals surface area contributed by atoms with E-state index in [0.717, 1.165) is 76.0 Å². The van der Waals surface area contributed by atoms with Crippen LogP contribution in [-0.2, 0) is 11.2 Å². The first-order valence-corrected chi connectivity index (χ1v) is 14.5. The summed E-state index contributed by atoms with van der Waals surface area (Å²) in [5.41, 5.74) is 5.82. The number of thioether (sulfide) groups is 1. The number of fused-ring (bicyclic) bond motifs is 1. The van der Waals surface area contributed by atoms with E-state index in [4.69, 9.17) is 9.73 Å². The van der Waals surface area contributed by atoms with Gasteiger partial charge in [0.25, 0.3) is 5.91 Å². The zero-order chi connectivity index (χ0) is 28.3. The number of aliphatic imine (C=N–C) groups is 1. The molecule has 2 heterocycles. The third-order valence-electron chi connectivity index (χ3n) is 7.05. The highest BCUT2D eigenvalue weighted by atomic mass is 32.2. The van der Waals surface area contributed by atoms with Gasteiger partial charge in [-0.3, -0.25) is 9.59 Å². The summed E-state index contributed by atoms with van der Waals surface area (Å²) in [6.45, 7) is 6.72. The predicted octanol–water partition coefficient (Wildman–Crippen LogP) is 7.20. The van der Waals surface area contributed by atoms with Gasteiger partial charge in [0.15, 0.2) is 0 Å². The van der Waals surface area contributed by atoms with Crippen molar-refractivity contribution in [3.63, 3.8) is 0 Å². The zero-order valence-corrected chi connectivity index (χ0v) is 24.2. The van der Waals surface area contributed by atoms with E-state index >= 15 is 0 Å². The topological polar surface area (TPSA) is 74.6 Å². The number of carbonyl (C=O) groups excluding carboxylic acids is 2. The highest BCUT2D eigenvalue weighted by Gasteiger charge is 2.40. The molecule has 0 aromatic heterocycles. The second-order valence-electron chi connectivity index (χ2n) is 10.4. The number of hydrazone groups is 1. The summed E-state index contributed by atoms with van der Waals surface area (Å²) < 4.78 is 4.82. The van der Waals surface area contributed by atoms with Crippen LogP contribution in [0, 0.1) is 0 Å². The van der Waals surface area contributed by atoms with Gasteiger partial charge in [-0.15, -0.1) is 0 Å². The van der Waals surface area contributed by atoms with Crippen LogP contribution in [-0.4, -0.2) is 46.1 Å². The highest BCUT2D eigenvalue weighted by Crippen LogP contribution is 2.38. The van der Waals surface area contributed by atoms with Crippen LogP contribution in [0.4, 0.5) is 16.2 Å². The highest BCUT2D eigenvalue weighted by molar-refractivity contribution is 8.15. The SMILES string of the molecule is CCCC(=O)N1N=C(c2ccc3c(c2)CCCN3C(=Nc2ccccc2)c2ccc(OC)cc2)C(C)(C)SC1=O. The second kappa shape index (κ2) is 11.7. The molecule has 40 heavy (non-hydrogen) atoms. The molecule has 2 aliphatic heterocycles. The Labute approximate surface area is 239 Å². The molecule has 0 N–H and O–H groups in total. The fourth-order valence-corrected chi connectivity index (χ4v) is 5.98. The molecule has 0 unspecified atom stereocenters. The number of imide groups is 1. The fourth-order valence-electron chi connectivity index (χ4n) is 5.06. The lowest BCUT2D eigenvalue weighted by Crippen LogP contribution is -2.43. The molecule has 0 fully saturated rings. The molecule has 2 aliphatic rings. The standard InChI is InChI=1S/C32H34N4O3S/c1-5-10-28(37)36-31(38)40-32(2,3)29(34-36)24-16-19-27-23(21-24)11-9-20-35(27)30(33-25-12-7-6-8-13-25)22-14-17-26(39-4)18-15-22/h6-8,12-19,21H,5,9-11,20H2,1-4H3. The van der Waals surface area contributed by atoms with Crippen LogP contribution >= 0.6 is 11.8 Å². The van der Waals surface area contributed by atoms with Crippen LogP contribution in [0.1, 0.15) is 56.7 Å². The summed E-state index contributed by atoms with van der Waals surface area (Å²) >= 11 is 1.15. The van der Waals surface area contributed by atoms with E-state index in [1.165, 1.54) is 5.56 Å². The number of hydrogen-bond donors (Lipinski definition) is 0. The number of para-hydroxylation sites is 1. The molecule has 3 aromatic rings. The van der Waals surface area contributed by atoms with Crippen molar-refractivity contribution >= 4 is 45.8 Å². The molecule has 206 valence electrons. The molecule has 0 bridgehead atoms. The Hall–Kier alpha value is -3.91. The molecular weight excluding hydrogens is 520 g/mol. The summed E-state index contributed by atoms with van der Waals surface area (Å²) in [5, 5.41) is 5.34. The average molecular weight is 555 g/mol. The molecular formula is C32H34N4O3S. The Morgan fingerprint density at radius 2 is 1.82 bits per heavy atom. The van der Waals surface area contributed by atoms with Gasteiger partial charge in [-0.2, -0.15) is 10.1 Å². The largest absolute Gasteiger partial charge is 0.497 e. The Morgan fingerprint density at radius 3 is 2.52 bits per heavy atom. The van der Waals surface area contributed by atoms with Crippen molar-refractivity contribution < 1.29 is 14.3 Å².